The summed E-state index contributed by atoms with van der Waals surface area (Å²) in [5, 5.41) is 11.9. The molecule has 2 amide bonds. The largest absolute Gasteiger partial charge is 0.497 e. The molecule has 3 aromatic rings. The van der Waals surface area contributed by atoms with E-state index in [1.807, 2.05) is 66.9 Å². The molecule has 47 heavy (non-hydrogen) atoms. The van der Waals surface area contributed by atoms with Gasteiger partial charge < -0.3 is 44.4 Å². The van der Waals surface area contributed by atoms with Gasteiger partial charge in [0.1, 0.15) is 54.8 Å². The number of urea groups is 1. The van der Waals surface area contributed by atoms with E-state index in [-0.39, 0.29) is 19.3 Å². The predicted molar refractivity (Wildman–Crippen MR) is 168 cm³/mol. The quantitative estimate of drug-likeness (QED) is 0.213. The molecule has 0 aliphatic carbocycles. The van der Waals surface area contributed by atoms with E-state index < -0.39 is 42.3 Å². The van der Waals surface area contributed by atoms with E-state index in [1.165, 1.54) is 7.11 Å². The van der Waals surface area contributed by atoms with E-state index in [1.54, 1.807) is 19.8 Å². The summed E-state index contributed by atoms with van der Waals surface area (Å²) in [6.07, 6.45) is 0.919. The maximum absolute atomic E-state index is 12.2. The fraction of sp³-hybridized carbons (Fsp3) is 0.438. The van der Waals surface area contributed by atoms with E-state index in [0.717, 1.165) is 22.6 Å². The Morgan fingerprint density at radius 1 is 0.979 bits per heavy atom. The van der Waals surface area contributed by atoms with Crippen LogP contribution in [0, 0.1) is 0 Å². The van der Waals surface area contributed by atoms with Crippen LogP contribution in [0.5, 0.6) is 11.5 Å². The van der Waals surface area contributed by atoms with Gasteiger partial charge in [-0.2, -0.15) is 0 Å². The number of benzene rings is 2. The van der Waals surface area contributed by atoms with Crippen molar-refractivity contribution in [1.29, 1.82) is 0 Å². The number of nitrogens with one attached hydrogen (secondary N) is 4. The van der Waals surface area contributed by atoms with Crippen LogP contribution in [-0.4, -0.2) is 79.3 Å². The highest BCUT2D eigenvalue weighted by atomic mass is 16.8. The normalized spacial score (nSPS) is 23.7. The molecule has 4 heterocycles. The van der Waals surface area contributed by atoms with E-state index in [9.17, 15) is 9.59 Å². The van der Waals surface area contributed by atoms with E-state index in [2.05, 4.69) is 36.0 Å². The lowest BCUT2D eigenvalue weighted by Gasteiger charge is -2.26. The second-order valence-corrected chi connectivity index (χ2v) is 11.6. The van der Waals surface area contributed by atoms with Gasteiger partial charge in [-0.05, 0) is 49.2 Å². The van der Waals surface area contributed by atoms with Crippen molar-refractivity contribution < 1.29 is 38.0 Å². The molecule has 0 saturated carbocycles. The first-order valence-electron chi connectivity index (χ1n) is 15.3. The van der Waals surface area contributed by atoms with Crippen molar-refractivity contribution in [2.75, 3.05) is 27.3 Å². The van der Waals surface area contributed by atoms with E-state index in [0.29, 0.717) is 24.7 Å². The lowest BCUT2D eigenvalue weighted by molar-refractivity contribution is -0.195. The number of esters is 1. The number of aliphatic imine (C=N–C) groups is 1. The van der Waals surface area contributed by atoms with Gasteiger partial charge in [-0.3, -0.25) is 14.7 Å². The maximum Gasteiger partial charge on any atom is 0.325 e. The zero-order valence-corrected chi connectivity index (χ0v) is 26.6. The number of fused-ring (bicyclic) bond motifs is 2. The van der Waals surface area contributed by atoms with Crippen molar-refractivity contribution in [1.82, 2.24) is 30.8 Å². The summed E-state index contributed by atoms with van der Waals surface area (Å²) in [5.74, 6) is 0.799. The van der Waals surface area contributed by atoms with Gasteiger partial charge in [-0.1, -0.05) is 24.3 Å². The van der Waals surface area contributed by atoms with Crippen LogP contribution in [0.3, 0.4) is 0 Å². The molecule has 3 aliphatic rings. The molecule has 250 valence electrons. The summed E-state index contributed by atoms with van der Waals surface area (Å²) in [6, 6.07) is 15.2. The lowest BCUT2D eigenvalue weighted by atomic mass is 10.1. The molecule has 5 atom stereocenters. The second-order valence-electron chi connectivity index (χ2n) is 11.6. The summed E-state index contributed by atoms with van der Waals surface area (Å²) in [6.45, 7) is 4.58. The Bertz CT molecular complexity index is 1580. The first-order chi connectivity index (χ1) is 22.7. The third-order valence-electron chi connectivity index (χ3n) is 7.98. The highest BCUT2D eigenvalue weighted by molar-refractivity contribution is 5.80. The SMILES string of the molecule is COC(=O)CNC(=O)NC[C@H]1O[C@@H](n2cnc3c2N=CNC3NCc2ccc(OCc3ccc(OC)cc3)cc2)C2OC(C)(C)OC21. The van der Waals surface area contributed by atoms with Gasteiger partial charge in [0.2, 0.25) is 0 Å². The zero-order valence-electron chi connectivity index (χ0n) is 26.6. The molecule has 2 aromatic carbocycles. The van der Waals surface area contributed by atoms with Gasteiger partial charge in [-0.25, -0.2) is 14.8 Å². The number of carbonyl (C=O) groups is 2. The molecule has 0 bridgehead atoms. The highest BCUT2D eigenvalue weighted by Crippen LogP contribution is 2.45. The molecule has 15 nitrogen and oxygen atoms in total. The van der Waals surface area contributed by atoms with Gasteiger partial charge >= 0.3 is 12.0 Å². The summed E-state index contributed by atoms with van der Waals surface area (Å²) < 4.78 is 36.3. The molecule has 2 saturated heterocycles. The average molecular weight is 650 g/mol. The number of aromatic nitrogens is 2. The Balaban J connectivity index is 1.06. The van der Waals surface area contributed by atoms with E-state index >= 15 is 0 Å². The van der Waals surface area contributed by atoms with Crippen LogP contribution < -0.4 is 30.7 Å². The number of rotatable bonds is 12. The number of nitrogens with zero attached hydrogens (tertiary/aromatic N) is 3. The van der Waals surface area contributed by atoms with Crippen LogP contribution >= 0.6 is 0 Å². The number of imidazole rings is 1. The molecule has 3 aliphatic heterocycles. The Morgan fingerprint density at radius 2 is 1.70 bits per heavy atom. The Morgan fingerprint density at radius 3 is 2.45 bits per heavy atom. The standard InChI is InChI=1S/C32H39N7O8/c1-32(2)46-26-23(14-34-31(41)35-15-24(40)43-4)45-30(27(26)47-32)39-18-38-25-28(36-17-37-29(25)39)33-13-19-5-11-22(12-6-19)44-16-20-7-9-21(42-3)10-8-20/h5-12,17-18,23,26-28,30,33H,13-16H2,1-4H3,(H,36,37)(H2,34,35,41)/t23-,26?,27?,28?,30-/m1/s1. The lowest BCUT2D eigenvalue weighted by Crippen LogP contribution is -2.45. The van der Waals surface area contributed by atoms with Gasteiger partial charge in [0.25, 0.3) is 0 Å². The Kier molecular flexibility index (Phi) is 9.58. The minimum Gasteiger partial charge on any atom is -0.497 e. The Labute approximate surface area is 271 Å². The zero-order chi connectivity index (χ0) is 33.0. The van der Waals surface area contributed by atoms with E-state index in [4.69, 9.17) is 23.7 Å². The second kappa shape index (κ2) is 14.0. The fourth-order valence-electron chi connectivity index (χ4n) is 5.64. The molecule has 3 unspecified atom stereocenters. The molecule has 4 N–H and O–H groups in total. The first-order valence-corrected chi connectivity index (χ1v) is 15.3. The number of hydrogen-bond donors (Lipinski definition) is 4. The van der Waals surface area contributed by atoms with Crippen molar-refractivity contribution in [2.24, 2.45) is 4.99 Å². The fourth-order valence-corrected chi connectivity index (χ4v) is 5.64. The monoisotopic (exact) mass is 649 g/mol. The van der Waals surface area contributed by atoms with Crippen LogP contribution in [0.4, 0.5) is 10.6 Å². The van der Waals surface area contributed by atoms with Crippen LogP contribution in [-0.2, 0) is 36.9 Å². The molecular formula is C32H39N7O8. The summed E-state index contributed by atoms with van der Waals surface area (Å²) in [4.78, 5) is 32.8. The number of amides is 2. The number of hydrogen-bond acceptors (Lipinski definition) is 12. The summed E-state index contributed by atoms with van der Waals surface area (Å²) >= 11 is 0. The van der Waals surface area contributed by atoms with Crippen molar-refractivity contribution in [3.05, 3.63) is 71.7 Å². The Hall–Kier alpha value is -4.70. The van der Waals surface area contributed by atoms with Crippen molar-refractivity contribution in [2.45, 2.75) is 63.5 Å². The number of methoxy groups -OCH3 is 2. The minimum atomic E-state index is -0.853. The molecule has 0 radical (unpaired) electrons. The van der Waals surface area contributed by atoms with Gasteiger partial charge in [-0.15, -0.1) is 0 Å². The van der Waals surface area contributed by atoms with Crippen LogP contribution in [0.15, 0.2) is 59.9 Å². The highest BCUT2D eigenvalue weighted by Gasteiger charge is 2.56. The summed E-state index contributed by atoms with van der Waals surface area (Å²) in [7, 11) is 2.90. The van der Waals surface area contributed by atoms with Crippen LogP contribution in [0.1, 0.15) is 43.1 Å². The van der Waals surface area contributed by atoms with Gasteiger partial charge in [0.05, 0.1) is 26.9 Å². The molecule has 2 fully saturated rings. The van der Waals surface area contributed by atoms with Crippen LogP contribution in [0.25, 0.3) is 0 Å². The number of carbonyl (C=O) groups excluding carboxylic acids is 2. The predicted octanol–water partition coefficient (Wildman–Crippen LogP) is 2.41. The first kappa shape index (κ1) is 32.2. The third kappa shape index (κ3) is 7.49. The molecule has 15 heteroatoms. The smallest absolute Gasteiger partial charge is 0.325 e. The van der Waals surface area contributed by atoms with Gasteiger partial charge in [0.15, 0.2) is 17.8 Å². The molecule has 0 spiro atoms. The summed E-state index contributed by atoms with van der Waals surface area (Å²) in [5.41, 5.74) is 2.82. The number of ether oxygens (including phenoxy) is 6. The molecule has 1 aromatic heterocycles. The average Bonchev–Trinajstić information content (AvgIpc) is 3.75. The maximum atomic E-state index is 12.2. The van der Waals surface area contributed by atoms with Crippen molar-refractivity contribution >= 4 is 24.2 Å². The minimum absolute atomic E-state index is 0.126. The van der Waals surface area contributed by atoms with Crippen LogP contribution in [0.2, 0.25) is 0 Å². The van der Waals surface area contributed by atoms with Crippen molar-refractivity contribution in [3.63, 3.8) is 0 Å². The van der Waals surface area contributed by atoms with Crippen molar-refractivity contribution in [3.8, 4) is 11.5 Å². The van der Waals surface area contributed by atoms with Gasteiger partial charge in [0, 0.05) is 13.1 Å². The topological polar surface area (TPSA) is 168 Å². The molecular weight excluding hydrogens is 610 g/mol. The molecule has 6 rings (SSSR count). The third-order valence-corrected chi connectivity index (χ3v) is 7.98.